The maximum atomic E-state index is 12.3. The lowest BCUT2D eigenvalue weighted by atomic mass is 9.92. The molecule has 1 aliphatic rings. The molecule has 0 saturated carbocycles. The van der Waals surface area contributed by atoms with Gasteiger partial charge in [-0.05, 0) is 19.4 Å². The second kappa shape index (κ2) is 9.83. The Bertz CT molecular complexity index is 865. The molecule has 1 amide bonds. The van der Waals surface area contributed by atoms with Gasteiger partial charge in [-0.25, -0.2) is 4.68 Å². The minimum Gasteiger partial charge on any atom is -0.354 e. The number of rotatable bonds is 7. The van der Waals surface area contributed by atoms with Crippen LogP contribution in [-0.2, 0) is 11.3 Å². The summed E-state index contributed by atoms with van der Waals surface area (Å²) in [7, 11) is 0. The number of nitrogens with zero attached hydrogens (tertiary/aromatic N) is 2. The van der Waals surface area contributed by atoms with Crippen LogP contribution < -0.4 is 15.8 Å². The molecule has 0 bridgehead atoms. The first-order valence-electron chi connectivity index (χ1n) is 10.7. The van der Waals surface area contributed by atoms with Gasteiger partial charge in [-0.15, -0.1) is 0 Å². The second-order valence-corrected chi connectivity index (χ2v) is 8.64. The summed E-state index contributed by atoms with van der Waals surface area (Å²) >= 11 is 0. The number of nitrogens with one attached hydrogen (secondary N) is 2. The van der Waals surface area contributed by atoms with Gasteiger partial charge in [0.1, 0.15) is 6.54 Å². The fraction of sp³-hybridized carbons (Fsp3) is 0.522. The molecule has 2 unspecified atom stereocenters. The van der Waals surface area contributed by atoms with Crippen molar-refractivity contribution >= 4 is 5.91 Å². The van der Waals surface area contributed by atoms with E-state index in [1.807, 2.05) is 31.2 Å². The Labute approximate surface area is 172 Å². The summed E-state index contributed by atoms with van der Waals surface area (Å²) in [5, 5.41) is 7.30. The number of carbonyl (C=O) groups excluding carboxylic acids is 1. The smallest absolute Gasteiger partial charge is 0.267 e. The van der Waals surface area contributed by atoms with E-state index in [4.69, 9.17) is 0 Å². The molecule has 1 aromatic heterocycles. The first-order valence-corrected chi connectivity index (χ1v) is 10.7. The number of piperidine rings is 1. The van der Waals surface area contributed by atoms with Gasteiger partial charge in [0.15, 0.2) is 0 Å². The fourth-order valence-corrected chi connectivity index (χ4v) is 4.33. The molecule has 6 nitrogen and oxygen atoms in total. The van der Waals surface area contributed by atoms with Gasteiger partial charge < -0.3 is 10.2 Å². The molecule has 0 spiro atoms. The Morgan fingerprint density at radius 2 is 1.83 bits per heavy atom. The van der Waals surface area contributed by atoms with E-state index in [0.717, 1.165) is 35.9 Å². The molecule has 6 heteroatoms. The number of aryl methyl sites for hydroxylation is 1. The monoisotopic (exact) mass is 397 g/mol. The van der Waals surface area contributed by atoms with E-state index in [1.54, 1.807) is 11.0 Å². The minimum absolute atomic E-state index is 0.0524. The van der Waals surface area contributed by atoms with Crippen molar-refractivity contribution in [2.75, 3.05) is 26.2 Å². The van der Waals surface area contributed by atoms with E-state index in [1.165, 1.54) is 30.3 Å². The van der Waals surface area contributed by atoms with Crippen molar-refractivity contribution in [3.63, 3.8) is 0 Å². The van der Waals surface area contributed by atoms with Crippen LogP contribution in [0.2, 0.25) is 0 Å². The third-order valence-corrected chi connectivity index (χ3v) is 5.62. The molecule has 0 aliphatic carbocycles. The van der Waals surface area contributed by atoms with Crippen LogP contribution in [-0.4, -0.2) is 41.9 Å². The van der Waals surface area contributed by atoms with Gasteiger partial charge in [-0.2, -0.15) is 5.10 Å². The van der Waals surface area contributed by atoms with Crippen molar-refractivity contribution in [3.05, 3.63) is 52.3 Å². The highest BCUT2D eigenvalue weighted by Gasteiger charge is 2.24. The van der Waals surface area contributed by atoms with Gasteiger partial charge in [0.05, 0.1) is 25.3 Å². The Morgan fingerprint density at radius 1 is 1.14 bits per heavy atom. The highest BCUT2D eigenvalue weighted by Crippen LogP contribution is 2.15. The summed E-state index contributed by atoms with van der Waals surface area (Å²) in [4.78, 5) is 26.0. The van der Waals surface area contributed by atoms with Gasteiger partial charge in [-0.3, -0.25) is 9.59 Å². The lowest BCUT2D eigenvalue weighted by Crippen LogP contribution is -3.14. The average molecular weight is 398 g/mol. The van der Waals surface area contributed by atoms with E-state index >= 15 is 0 Å². The molecule has 1 aliphatic heterocycles. The van der Waals surface area contributed by atoms with Crippen molar-refractivity contribution in [2.24, 2.45) is 11.8 Å². The molecule has 2 N–H and O–H groups in total. The van der Waals surface area contributed by atoms with Crippen LogP contribution in [0.1, 0.15) is 32.3 Å². The SMILES string of the molecule is Cc1ccc(-c2ccc(=O)n(CC(=O)NCCC[NH+]3CC(C)CC(C)C3)n2)cc1. The zero-order valence-electron chi connectivity index (χ0n) is 17.8. The van der Waals surface area contributed by atoms with Crippen molar-refractivity contribution in [1.82, 2.24) is 15.1 Å². The average Bonchev–Trinajstić information content (AvgIpc) is 2.67. The maximum Gasteiger partial charge on any atom is 0.267 e. The molecular formula is C23H33N4O2+. The third kappa shape index (κ3) is 6.26. The largest absolute Gasteiger partial charge is 0.354 e. The normalized spacial score (nSPS) is 21.7. The summed E-state index contributed by atoms with van der Waals surface area (Å²) in [5.41, 5.74) is 2.51. The number of amides is 1. The molecule has 156 valence electrons. The molecular weight excluding hydrogens is 364 g/mol. The molecule has 29 heavy (non-hydrogen) atoms. The topological polar surface area (TPSA) is 68.4 Å². The molecule has 1 fully saturated rings. The van der Waals surface area contributed by atoms with Crippen molar-refractivity contribution in [1.29, 1.82) is 0 Å². The Morgan fingerprint density at radius 3 is 2.52 bits per heavy atom. The number of carbonyl (C=O) groups is 1. The highest BCUT2D eigenvalue weighted by atomic mass is 16.2. The Hall–Kier alpha value is -2.47. The van der Waals surface area contributed by atoms with E-state index < -0.39 is 0 Å². The van der Waals surface area contributed by atoms with Crippen LogP contribution in [0.3, 0.4) is 0 Å². The highest BCUT2D eigenvalue weighted by molar-refractivity contribution is 5.75. The van der Waals surface area contributed by atoms with Gasteiger partial charge in [0.2, 0.25) is 5.91 Å². The number of benzene rings is 1. The number of hydrogen-bond acceptors (Lipinski definition) is 3. The van der Waals surface area contributed by atoms with Gasteiger partial charge in [0, 0.05) is 36.4 Å². The number of aromatic nitrogens is 2. The molecule has 1 saturated heterocycles. The van der Waals surface area contributed by atoms with Crippen LogP contribution in [0.5, 0.6) is 0 Å². The lowest BCUT2D eigenvalue weighted by Gasteiger charge is -2.32. The number of quaternary nitrogens is 1. The van der Waals surface area contributed by atoms with Crippen LogP contribution in [0.4, 0.5) is 0 Å². The summed E-state index contributed by atoms with van der Waals surface area (Å²) in [6.07, 6.45) is 2.27. The lowest BCUT2D eigenvalue weighted by molar-refractivity contribution is -0.912. The van der Waals surface area contributed by atoms with E-state index in [0.29, 0.717) is 12.2 Å². The number of hydrogen-bond donors (Lipinski definition) is 2. The zero-order chi connectivity index (χ0) is 20.8. The maximum absolute atomic E-state index is 12.3. The molecule has 0 radical (unpaired) electrons. The summed E-state index contributed by atoms with van der Waals surface area (Å²) in [6, 6.07) is 11.1. The van der Waals surface area contributed by atoms with Crippen LogP contribution in [0, 0.1) is 18.8 Å². The molecule has 1 aromatic carbocycles. The Kier molecular flexibility index (Phi) is 7.20. The predicted molar refractivity (Wildman–Crippen MR) is 115 cm³/mol. The molecule has 2 atom stereocenters. The van der Waals surface area contributed by atoms with Gasteiger partial charge in [-0.1, -0.05) is 43.7 Å². The van der Waals surface area contributed by atoms with E-state index in [9.17, 15) is 9.59 Å². The standard InChI is InChI=1S/C23H32N4O2/c1-17-5-7-20(8-6-17)21-9-10-23(29)27(25-21)16-22(28)24-11-4-12-26-14-18(2)13-19(3)15-26/h5-10,18-19H,4,11-16H2,1-3H3,(H,24,28)/p+1. The first kappa shape index (κ1) is 21.2. The molecule has 2 aromatic rings. The van der Waals surface area contributed by atoms with E-state index in [-0.39, 0.29) is 18.0 Å². The summed E-state index contributed by atoms with van der Waals surface area (Å²) < 4.78 is 1.24. The molecule has 3 rings (SSSR count). The Balaban J connectivity index is 1.49. The third-order valence-electron chi connectivity index (χ3n) is 5.62. The van der Waals surface area contributed by atoms with Gasteiger partial charge in [0.25, 0.3) is 5.56 Å². The zero-order valence-corrected chi connectivity index (χ0v) is 17.8. The van der Waals surface area contributed by atoms with Crippen LogP contribution in [0.15, 0.2) is 41.2 Å². The molecule has 2 heterocycles. The van der Waals surface area contributed by atoms with E-state index in [2.05, 4.69) is 24.3 Å². The summed E-state index contributed by atoms with van der Waals surface area (Å²) in [5.74, 6) is 1.39. The quantitative estimate of drug-likeness (QED) is 0.692. The van der Waals surface area contributed by atoms with Crippen molar-refractivity contribution < 1.29 is 9.69 Å². The summed E-state index contributed by atoms with van der Waals surface area (Å²) in [6.45, 7) is 10.8. The van der Waals surface area contributed by atoms with Crippen LogP contribution in [0.25, 0.3) is 11.3 Å². The minimum atomic E-state index is -0.267. The first-order chi connectivity index (χ1) is 13.9. The number of likely N-dealkylation sites (tertiary alicyclic amines) is 1. The predicted octanol–water partition coefficient (Wildman–Crippen LogP) is 1.29. The van der Waals surface area contributed by atoms with Gasteiger partial charge >= 0.3 is 0 Å². The van der Waals surface area contributed by atoms with Crippen LogP contribution >= 0.6 is 0 Å². The second-order valence-electron chi connectivity index (χ2n) is 8.64. The van der Waals surface area contributed by atoms with Crippen molar-refractivity contribution in [3.8, 4) is 11.3 Å². The van der Waals surface area contributed by atoms with Crippen molar-refractivity contribution in [2.45, 2.75) is 40.2 Å². The fourth-order valence-electron chi connectivity index (χ4n) is 4.33.